The van der Waals surface area contributed by atoms with Gasteiger partial charge >= 0.3 is 6.18 Å². The van der Waals surface area contributed by atoms with Gasteiger partial charge in [-0.1, -0.05) is 45.4 Å². The molecule has 1 atom stereocenters. The van der Waals surface area contributed by atoms with Crippen LogP contribution in [0.5, 0.6) is 5.75 Å². The van der Waals surface area contributed by atoms with Crippen LogP contribution in [0.1, 0.15) is 56.3 Å². The Morgan fingerprint density at radius 3 is 2.37 bits per heavy atom. The topological polar surface area (TPSA) is 78.9 Å². The Bertz CT molecular complexity index is 1580. The molecule has 12 heteroatoms. The van der Waals surface area contributed by atoms with Crippen LogP contribution >= 0.6 is 0 Å². The molecule has 0 saturated heterocycles. The second-order valence-electron chi connectivity index (χ2n) is 10.9. The first kappa shape index (κ1) is 31.5. The van der Waals surface area contributed by atoms with Gasteiger partial charge in [0.15, 0.2) is 5.76 Å². The lowest BCUT2D eigenvalue weighted by Gasteiger charge is -2.33. The number of amides is 1. The number of aromatic hydroxyl groups is 1. The van der Waals surface area contributed by atoms with E-state index in [0.717, 1.165) is 23.1 Å². The minimum absolute atomic E-state index is 0.0308. The average molecular weight is 607 g/mol. The molecule has 0 aromatic heterocycles. The number of rotatable bonds is 8. The minimum Gasteiger partial charge on any atom is -0.506 e. The zero-order valence-electron chi connectivity index (χ0n) is 23.4. The molecule has 0 bridgehead atoms. The highest BCUT2D eigenvalue weighted by Gasteiger charge is 2.41. The molecule has 2 N–H and O–H groups in total. The molecule has 43 heavy (non-hydrogen) atoms. The van der Waals surface area contributed by atoms with Crippen LogP contribution in [0.25, 0.3) is 0 Å². The number of carbonyl (C=O) groups excluding carboxylic acids is 2. The molecule has 1 unspecified atom stereocenters. The van der Waals surface area contributed by atoms with Crippen LogP contribution in [0.4, 0.5) is 37.7 Å². The highest BCUT2D eigenvalue weighted by molar-refractivity contribution is 6.01. The van der Waals surface area contributed by atoms with E-state index >= 15 is 4.39 Å². The van der Waals surface area contributed by atoms with Gasteiger partial charge in [-0.3, -0.25) is 14.5 Å². The Morgan fingerprint density at radius 1 is 1.05 bits per heavy atom. The maximum Gasteiger partial charge on any atom is 0.416 e. The van der Waals surface area contributed by atoms with Crippen molar-refractivity contribution in [2.75, 3.05) is 10.2 Å². The van der Waals surface area contributed by atoms with Crippen molar-refractivity contribution >= 4 is 23.8 Å². The second-order valence-corrected chi connectivity index (χ2v) is 10.9. The van der Waals surface area contributed by atoms with Crippen molar-refractivity contribution in [3.05, 3.63) is 100 Å². The largest absolute Gasteiger partial charge is 0.506 e. The molecule has 0 radical (unpaired) electrons. The fourth-order valence-electron chi connectivity index (χ4n) is 4.81. The van der Waals surface area contributed by atoms with Crippen LogP contribution in [0.15, 0.2) is 66.1 Å². The van der Waals surface area contributed by atoms with Crippen LogP contribution in [0.2, 0.25) is 0 Å². The van der Waals surface area contributed by atoms with Crippen molar-refractivity contribution in [2.45, 2.75) is 52.3 Å². The number of anilines is 2. The quantitative estimate of drug-likeness (QED) is 0.156. The molecule has 228 valence electrons. The van der Waals surface area contributed by atoms with Gasteiger partial charge in [-0.05, 0) is 47.7 Å². The molecule has 0 fully saturated rings. The lowest BCUT2D eigenvalue weighted by molar-refractivity contribution is -0.137. The summed E-state index contributed by atoms with van der Waals surface area (Å²) in [5.74, 6) is -4.89. The van der Waals surface area contributed by atoms with E-state index in [-0.39, 0.29) is 53.1 Å². The number of carbonyl (C=O) groups is 2. The van der Waals surface area contributed by atoms with Crippen molar-refractivity contribution in [1.82, 2.24) is 0 Å². The predicted octanol–water partition coefficient (Wildman–Crippen LogP) is 7.78. The summed E-state index contributed by atoms with van der Waals surface area (Å²) < 4.78 is 89.6. The van der Waals surface area contributed by atoms with Gasteiger partial charge in [-0.25, -0.2) is 13.2 Å². The zero-order valence-corrected chi connectivity index (χ0v) is 23.4. The number of phenols is 1. The zero-order chi connectivity index (χ0) is 31.7. The van der Waals surface area contributed by atoms with Gasteiger partial charge in [-0.2, -0.15) is 13.2 Å². The third-order valence-electron chi connectivity index (χ3n) is 7.40. The fraction of sp³-hybridized carbons (Fsp3) is 0.290. The monoisotopic (exact) mass is 606 g/mol. The number of phenolic OH excluding ortho intramolecular Hbond substituents is 1. The van der Waals surface area contributed by atoms with E-state index in [1.165, 1.54) is 18.2 Å². The van der Waals surface area contributed by atoms with Crippen molar-refractivity contribution < 1.29 is 45.8 Å². The van der Waals surface area contributed by atoms with Crippen molar-refractivity contribution in [3.8, 4) is 5.75 Å². The van der Waals surface area contributed by atoms with Crippen LogP contribution in [0, 0.1) is 22.9 Å². The summed E-state index contributed by atoms with van der Waals surface area (Å²) in [6, 6.07) is 6.62. The van der Waals surface area contributed by atoms with E-state index in [1.54, 1.807) is 0 Å². The highest BCUT2D eigenvalue weighted by Crippen LogP contribution is 2.48. The number of nitrogens with zero attached hydrogens (tertiary/aromatic N) is 1. The van der Waals surface area contributed by atoms with E-state index < -0.39 is 58.5 Å². The molecule has 3 aromatic rings. The lowest BCUT2D eigenvalue weighted by Crippen LogP contribution is -2.38. The molecule has 4 rings (SSSR count). The summed E-state index contributed by atoms with van der Waals surface area (Å²) in [7, 11) is 0. The van der Waals surface area contributed by atoms with Crippen LogP contribution in [0.3, 0.4) is 0 Å². The Morgan fingerprint density at radius 2 is 1.77 bits per heavy atom. The normalized spacial score (nSPS) is 15.5. The smallest absolute Gasteiger partial charge is 0.416 e. The Kier molecular flexibility index (Phi) is 8.79. The molecule has 1 amide bonds. The van der Waals surface area contributed by atoms with Crippen LogP contribution in [-0.4, -0.2) is 17.5 Å². The molecule has 1 heterocycles. The number of fused-ring (bicyclic) bond motifs is 1. The lowest BCUT2D eigenvalue weighted by atomic mass is 9.84. The van der Waals surface area contributed by atoms with E-state index in [4.69, 9.17) is 4.74 Å². The summed E-state index contributed by atoms with van der Waals surface area (Å²) >= 11 is 0. The number of nitrogens with one attached hydrogen (secondary N) is 1. The second kappa shape index (κ2) is 12.0. The first-order valence-corrected chi connectivity index (χ1v) is 13.2. The molecule has 1 aliphatic rings. The number of hydrogen-bond acceptors (Lipinski definition) is 5. The number of para-hydroxylation sites is 1. The average Bonchev–Trinajstić information content (AvgIpc) is 3.05. The number of benzene rings is 3. The summed E-state index contributed by atoms with van der Waals surface area (Å²) in [5.41, 5.74) is -2.43. The van der Waals surface area contributed by atoms with Gasteiger partial charge in [0.25, 0.3) is 6.47 Å². The molecular weight excluding hydrogens is 578 g/mol. The number of ether oxygens (including phenoxy) is 1. The van der Waals surface area contributed by atoms with Gasteiger partial charge in [0.1, 0.15) is 34.9 Å². The maximum atomic E-state index is 15.7. The molecule has 0 aliphatic carbocycles. The molecule has 6 nitrogen and oxygen atoms in total. The van der Waals surface area contributed by atoms with Gasteiger partial charge in [0.2, 0.25) is 5.91 Å². The third kappa shape index (κ3) is 6.63. The molecule has 0 saturated carbocycles. The van der Waals surface area contributed by atoms with Crippen molar-refractivity contribution in [2.24, 2.45) is 5.41 Å². The number of halogens is 6. The highest BCUT2D eigenvalue weighted by atomic mass is 19.4. The van der Waals surface area contributed by atoms with Crippen LogP contribution < -0.4 is 10.2 Å². The third-order valence-corrected chi connectivity index (χ3v) is 7.40. The number of alkyl halides is 3. The summed E-state index contributed by atoms with van der Waals surface area (Å²) in [5, 5.41) is 13.8. The van der Waals surface area contributed by atoms with Crippen LogP contribution in [-0.2, 0) is 26.9 Å². The van der Waals surface area contributed by atoms with E-state index in [0.29, 0.717) is 18.6 Å². The van der Waals surface area contributed by atoms with Gasteiger partial charge in [0.05, 0.1) is 23.4 Å². The fourth-order valence-corrected chi connectivity index (χ4v) is 4.81. The maximum absolute atomic E-state index is 15.7. The molecule has 3 aromatic carbocycles. The first-order valence-electron chi connectivity index (χ1n) is 13.2. The minimum atomic E-state index is -4.88. The molecule has 0 spiro atoms. The Hall–Kier alpha value is -4.48. The van der Waals surface area contributed by atoms with E-state index in [1.807, 2.05) is 20.8 Å². The standard InChI is InChI=1S/C31H28F6N2O4/c1-4-30(2,3)15-23-29(43-16-40)28(20-11-9-18(13-22(20)34)31(35,36)37)39(24-6-5-7-25(41)27(24)38-23)26(42)12-17-8-10-19(32)14-21(17)33/h5-11,13-14,16,28,38,41H,4,12,15H2,1-3H3. The first-order chi connectivity index (χ1) is 20.2. The van der Waals surface area contributed by atoms with Gasteiger partial charge < -0.3 is 15.2 Å². The Labute approximate surface area is 243 Å². The summed E-state index contributed by atoms with van der Waals surface area (Å²) in [6.07, 6.45) is -4.85. The number of hydrogen-bond donors (Lipinski definition) is 2. The van der Waals surface area contributed by atoms with E-state index in [9.17, 15) is 36.6 Å². The number of allylic oxidation sites excluding steroid dienone is 1. The Balaban J connectivity index is 2.04. The summed E-state index contributed by atoms with van der Waals surface area (Å²) in [6.45, 7) is 5.68. The van der Waals surface area contributed by atoms with E-state index in [2.05, 4.69) is 5.32 Å². The van der Waals surface area contributed by atoms with Crippen molar-refractivity contribution in [3.63, 3.8) is 0 Å². The van der Waals surface area contributed by atoms with Crippen molar-refractivity contribution in [1.29, 1.82) is 0 Å². The molecule has 1 aliphatic heterocycles. The summed E-state index contributed by atoms with van der Waals surface area (Å²) in [4.78, 5) is 26.8. The molecular formula is C31H28F6N2O4. The predicted molar refractivity (Wildman–Crippen MR) is 146 cm³/mol. The van der Waals surface area contributed by atoms with Gasteiger partial charge in [-0.15, -0.1) is 0 Å². The van der Waals surface area contributed by atoms with Gasteiger partial charge in [0, 0.05) is 11.6 Å². The SMILES string of the molecule is CCC(C)(C)CC1=C(OC=O)C(c2ccc(C(F)(F)F)cc2F)N(C(=O)Cc2ccc(F)cc2F)c2cccc(O)c2N1.